The zero-order valence-electron chi connectivity index (χ0n) is 5.91. The topological polar surface area (TPSA) is 0 Å². The molecule has 1 aliphatic carbocycles. The van der Waals surface area contributed by atoms with Gasteiger partial charge in [-0.3, -0.25) is 0 Å². The summed E-state index contributed by atoms with van der Waals surface area (Å²) >= 11 is 0. The third-order valence-corrected chi connectivity index (χ3v) is 1.57. The van der Waals surface area contributed by atoms with Crippen molar-refractivity contribution in [2.75, 3.05) is 0 Å². The van der Waals surface area contributed by atoms with Crippen molar-refractivity contribution in [1.29, 1.82) is 0 Å². The predicted octanol–water partition coefficient (Wildman–Crippen LogP) is -0.832. The maximum absolute atomic E-state index is 2.42. The van der Waals surface area contributed by atoms with Gasteiger partial charge in [0.2, 0.25) is 0 Å². The molecule has 2 heteroatoms. The van der Waals surface area contributed by atoms with Gasteiger partial charge in [0.1, 0.15) is 0 Å². The normalized spacial score (nSPS) is 18.7. The van der Waals surface area contributed by atoms with Gasteiger partial charge in [0.25, 0.3) is 0 Å². The fraction of sp³-hybridized carbons (Fsp3) is 0.857. The number of hydrogen-bond donors (Lipinski definition) is 0. The zero-order chi connectivity index (χ0) is 4.95. The van der Waals surface area contributed by atoms with Gasteiger partial charge in [-0.25, -0.2) is 0 Å². The van der Waals surface area contributed by atoms with E-state index in [0.29, 0.717) is 0 Å². The van der Waals surface area contributed by atoms with Gasteiger partial charge in [-0.2, -0.15) is 12.8 Å². The van der Waals surface area contributed by atoms with Crippen LogP contribution >= 0.6 is 0 Å². The Morgan fingerprint density at radius 3 is 1.67 bits per heavy atom. The van der Waals surface area contributed by atoms with Gasteiger partial charge in [-0.1, -0.05) is 25.7 Å². The molecule has 0 N–H and O–H groups in total. The van der Waals surface area contributed by atoms with Crippen LogP contribution in [0.15, 0.2) is 0 Å². The van der Waals surface area contributed by atoms with Gasteiger partial charge in [-0.05, 0) is 0 Å². The summed E-state index contributed by atoms with van der Waals surface area (Å²) in [6.45, 7) is 0. The van der Waals surface area contributed by atoms with Gasteiger partial charge < -0.3 is 18.8 Å². The Morgan fingerprint density at radius 1 is 0.778 bits per heavy atom. The van der Waals surface area contributed by atoms with E-state index in [2.05, 4.69) is 6.42 Å². The van der Waals surface area contributed by atoms with Gasteiger partial charge in [0.05, 0.1) is 0 Å². The second-order valence-corrected chi connectivity index (χ2v) is 2.28. The molecule has 0 aromatic carbocycles. The molecule has 0 amide bonds. The van der Waals surface area contributed by atoms with E-state index in [-0.39, 0.29) is 35.5 Å². The number of halogens is 1. The summed E-state index contributed by atoms with van der Waals surface area (Å²) in [5, 5.41) is 0. The Labute approximate surface area is 80.3 Å². The Balaban J connectivity index is 0. The molecule has 0 aromatic heterocycles. The van der Waals surface area contributed by atoms with Crippen molar-refractivity contribution in [3.63, 3.8) is 0 Å². The minimum Gasteiger partial charge on any atom is -1.00 e. The van der Waals surface area contributed by atoms with Crippen LogP contribution in [0.5, 0.6) is 0 Å². The van der Waals surface area contributed by atoms with Crippen LogP contribution in [-0.2, 0) is 0 Å². The maximum atomic E-state index is 2.42. The van der Waals surface area contributed by atoms with E-state index in [9.17, 15) is 0 Å². The van der Waals surface area contributed by atoms with E-state index < -0.39 is 0 Å². The summed E-state index contributed by atoms with van der Waals surface area (Å²) in [6, 6.07) is 0. The first-order valence-electron chi connectivity index (χ1n) is 3.32. The van der Waals surface area contributed by atoms with Crippen LogP contribution in [0.3, 0.4) is 0 Å². The van der Waals surface area contributed by atoms with E-state index >= 15 is 0 Å². The largest absolute Gasteiger partial charge is 2.00 e. The summed E-state index contributed by atoms with van der Waals surface area (Å²) in [7, 11) is 0. The Bertz CT molecular complexity index is 28.5. The smallest absolute Gasteiger partial charge is 1.00 e. The summed E-state index contributed by atoms with van der Waals surface area (Å²) in [5.41, 5.74) is 0. The molecule has 0 aliphatic heterocycles. The molecule has 0 nitrogen and oxygen atoms in total. The molecule has 1 fully saturated rings. The minimum absolute atomic E-state index is 0. The quantitative estimate of drug-likeness (QED) is 0.244. The van der Waals surface area contributed by atoms with Crippen LogP contribution < -0.4 is 12.4 Å². The van der Waals surface area contributed by atoms with E-state index in [1.807, 2.05) is 0 Å². The third-order valence-electron chi connectivity index (χ3n) is 1.57. The van der Waals surface area contributed by atoms with Crippen molar-refractivity contribution >= 4 is 23.1 Å². The van der Waals surface area contributed by atoms with Crippen LogP contribution in [-0.4, -0.2) is 23.1 Å². The summed E-state index contributed by atoms with van der Waals surface area (Å²) in [4.78, 5) is 0. The summed E-state index contributed by atoms with van der Waals surface area (Å²) < 4.78 is 0. The van der Waals surface area contributed by atoms with E-state index in [0.717, 1.165) is 0 Å². The van der Waals surface area contributed by atoms with Gasteiger partial charge in [0, 0.05) is 0 Å². The average Bonchev–Trinajstić information content (AvgIpc) is 1.90. The summed E-state index contributed by atoms with van der Waals surface area (Å²) in [5.74, 6) is 0. The molecule has 1 rings (SSSR count). The SMILES string of the molecule is [CH-]1CCCCCC1.[Cl-].[Mg+2]. The Hall–Kier alpha value is 1.06. The third kappa shape index (κ3) is 6.95. The van der Waals surface area contributed by atoms with Crippen molar-refractivity contribution in [3.05, 3.63) is 6.42 Å². The van der Waals surface area contributed by atoms with Gasteiger partial charge in [-0.15, -0.1) is 0 Å². The molecule has 0 unspecified atom stereocenters. The Kier molecular flexibility index (Phi) is 12.8. The number of rotatable bonds is 0. The molecule has 0 saturated heterocycles. The molecule has 0 aromatic rings. The van der Waals surface area contributed by atoms with Crippen LogP contribution in [0.2, 0.25) is 0 Å². The molecular weight excluding hydrogens is 144 g/mol. The summed E-state index contributed by atoms with van der Waals surface area (Å²) in [6.07, 6.45) is 11.0. The first-order valence-corrected chi connectivity index (χ1v) is 3.32. The second kappa shape index (κ2) is 9.06. The molecule has 1 saturated carbocycles. The van der Waals surface area contributed by atoms with Crippen LogP contribution in [0.4, 0.5) is 0 Å². The minimum atomic E-state index is 0. The number of hydrogen-bond acceptors (Lipinski definition) is 0. The van der Waals surface area contributed by atoms with Crippen molar-refractivity contribution in [1.82, 2.24) is 0 Å². The van der Waals surface area contributed by atoms with Gasteiger partial charge >= 0.3 is 23.1 Å². The van der Waals surface area contributed by atoms with Crippen LogP contribution in [0, 0.1) is 6.42 Å². The van der Waals surface area contributed by atoms with Crippen LogP contribution in [0.25, 0.3) is 0 Å². The van der Waals surface area contributed by atoms with Gasteiger partial charge in [0.15, 0.2) is 0 Å². The predicted molar refractivity (Wildman–Crippen MR) is 37.8 cm³/mol. The molecule has 50 valence electrons. The molecular formula is C7H13ClMg. The zero-order valence-corrected chi connectivity index (χ0v) is 8.08. The fourth-order valence-corrected chi connectivity index (χ4v) is 1.08. The first-order chi connectivity index (χ1) is 3.50. The van der Waals surface area contributed by atoms with Crippen molar-refractivity contribution in [2.45, 2.75) is 38.5 Å². The fourth-order valence-electron chi connectivity index (χ4n) is 1.08. The van der Waals surface area contributed by atoms with E-state index in [1.165, 1.54) is 38.5 Å². The van der Waals surface area contributed by atoms with Crippen molar-refractivity contribution in [2.24, 2.45) is 0 Å². The monoisotopic (exact) mass is 156 g/mol. The molecule has 0 radical (unpaired) electrons. The molecule has 9 heavy (non-hydrogen) atoms. The molecule has 0 atom stereocenters. The molecule has 0 bridgehead atoms. The Morgan fingerprint density at radius 2 is 1.22 bits per heavy atom. The van der Waals surface area contributed by atoms with Crippen molar-refractivity contribution < 1.29 is 12.4 Å². The molecule has 1 aliphatic rings. The van der Waals surface area contributed by atoms with E-state index in [4.69, 9.17) is 0 Å². The molecule has 0 spiro atoms. The van der Waals surface area contributed by atoms with Crippen molar-refractivity contribution in [3.8, 4) is 0 Å². The molecule has 0 heterocycles. The average molecular weight is 157 g/mol. The standard InChI is InChI=1S/C7H13.ClH.Mg/c1-2-4-6-7-5-3-1;;/h1H,2-7H2;1H;/q-1;;+2/p-1. The first kappa shape index (κ1) is 12.7. The van der Waals surface area contributed by atoms with E-state index in [1.54, 1.807) is 0 Å². The van der Waals surface area contributed by atoms with Crippen LogP contribution in [0.1, 0.15) is 38.5 Å². The maximum Gasteiger partial charge on any atom is 2.00 e. The second-order valence-electron chi connectivity index (χ2n) is 2.28.